The Balaban J connectivity index is 3.12. The molecule has 0 aromatic rings. The first-order valence-electron chi connectivity index (χ1n) is 5.09. The summed E-state index contributed by atoms with van der Waals surface area (Å²) in [6, 6.07) is 0. The Morgan fingerprint density at radius 1 is 1.25 bits per heavy atom. The van der Waals surface area contributed by atoms with Crippen LogP contribution in [0.25, 0.3) is 0 Å². The van der Waals surface area contributed by atoms with E-state index in [1.807, 2.05) is 6.08 Å². The van der Waals surface area contributed by atoms with Gasteiger partial charge in [-0.3, -0.25) is 0 Å². The van der Waals surface area contributed by atoms with Crippen LogP contribution in [-0.4, -0.2) is 12.7 Å². The lowest BCUT2D eigenvalue weighted by molar-refractivity contribution is 0.0798. The molecule has 0 radical (unpaired) electrons. The molecule has 0 N–H and O–H groups in total. The van der Waals surface area contributed by atoms with Crippen molar-refractivity contribution in [3.63, 3.8) is 0 Å². The van der Waals surface area contributed by atoms with Gasteiger partial charge >= 0.3 is 0 Å². The van der Waals surface area contributed by atoms with Gasteiger partial charge in [0.05, 0.1) is 6.10 Å². The van der Waals surface area contributed by atoms with Gasteiger partial charge in [0.2, 0.25) is 0 Å². The van der Waals surface area contributed by atoms with Crippen molar-refractivity contribution in [2.45, 2.75) is 52.1 Å². The third-order valence-corrected chi connectivity index (χ3v) is 2.00. The molecular weight excluding hydrogens is 148 g/mol. The Morgan fingerprint density at radius 3 is 2.50 bits per heavy atom. The van der Waals surface area contributed by atoms with E-state index < -0.39 is 0 Å². The van der Waals surface area contributed by atoms with Gasteiger partial charge in [0.15, 0.2) is 0 Å². The summed E-state index contributed by atoms with van der Waals surface area (Å²) >= 11 is 0. The van der Waals surface area contributed by atoms with Gasteiger partial charge in [-0.2, -0.15) is 0 Å². The molecule has 0 heterocycles. The fourth-order valence-electron chi connectivity index (χ4n) is 1.12. The molecule has 0 fully saturated rings. The van der Waals surface area contributed by atoms with Crippen LogP contribution in [0.2, 0.25) is 0 Å². The minimum Gasteiger partial charge on any atom is -0.374 e. The molecule has 0 saturated carbocycles. The van der Waals surface area contributed by atoms with Crippen LogP contribution < -0.4 is 0 Å². The van der Waals surface area contributed by atoms with Gasteiger partial charge in [-0.1, -0.05) is 39.2 Å². The van der Waals surface area contributed by atoms with Gasteiger partial charge in [-0.25, -0.2) is 0 Å². The highest BCUT2D eigenvalue weighted by atomic mass is 16.5. The van der Waals surface area contributed by atoms with E-state index in [9.17, 15) is 0 Å². The van der Waals surface area contributed by atoms with E-state index in [1.54, 1.807) is 0 Å². The molecule has 0 aromatic carbocycles. The maximum Gasteiger partial charge on any atom is 0.0750 e. The first kappa shape index (κ1) is 11.7. The number of unbranched alkanes of at least 4 members (excludes halogenated alkanes) is 3. The molecule has 0 rings (SSSR count). The molecule has 0 spiro atoms. The van der Waals surface area contributed by atoms with Crippen molar-refractivity contribution in [3.8, 4) is 0 Å². The Hall–Kier alpha value is -0.300. The minimum atomic E-state index is 0.270. The molecule has 72 valence electrons. The van der Waals surface area contributed by atoms with E-state index in [1.165, 1.54) is 25.7 Å². The zero-order chi connectivity index (χ0) is 9.23. The first-order valence-corrected chi connectivity index (χ1v) is 5.09. The van der Waals surface area contributed by atoms with Crippen LogP contribution in [0.4, 0.5) is 0 Å². The second-order valence-corrected chi connectivity index (χ2v) is 3.11. The number of ether oxygens (including phenoxy) is 1. The van der Waals surface area contributed by atoms with Crippen LogP contribution in [0, 0.1) is 0 Å². The largest absolute Gasteiger partial charge is 0.374 e. The van der Waals surface area contributed by atoms with Crippen molar-refractivity contribution >= 4 is 0 Å². The SMILES string of the molecule is C=CC(CC)OCCCCCC. The van der Waals surface area contributed by atoms with E-state index in [2.05, 4.69) is 20.4 Å². The van der Waals surface area contributed by atoms with E-state index in [-0.39, 0.29) is 6.10 Å². The summed E-state index contributed by atoms with van der Waals surface area (Å²) < 4.78 is 5.57. The quantitative estimate of drug-likeness (QED) is 0.400. The molecular formula is C11H22O. The fraction of sp³-hybridized carbons (Fsp3) is 0.818. The van der Waals surface area contributed by atoms with Crippen LogP contribution >= 0.6 is 0 Å². The number of rotatable bonds is 8. The van der Waals surface area contributed by atoms with Crippen molar-refractivity contribution in [2.24, 2.45) is 0 Å². The third kappa shape index (κ3) is 6.41. The van der Waals surface area contributed by atoms with Crippen molar-refractivity contribution in [2.75, 3.05) is 6.61 Å². The molecule has 0 amide bonds. The predicted octanol–water partition coefficient (Wildman–Crippen LogP) is 3.55. The molecule has 0 aliphatic heterocycles. The smallest absolute Gasteiger partial charge is 0.0750 e. The van der Waals surface area contributed by atoms with Crippen LogP contribution in [0.15, 0.2) is 12.7 Å². The Morgan fingerprint density at radius 2 is 2.00 bits per heavy atom. The number of hydrogen-bond acceptors (Lipinski definition) is 1. The Bertz CT molecular complexity index is 99.2. The normalized spacial score (nSPS) is 12.8. The lowest BCUT2D eigenvalue weighted by Crippen LogP contribution is -2.08. The van der Waals surface area contributed by atoms with E-state index >= 15 is 0 Å². The van der Waals surface area contributed by atoms with E-state index in [0.29, 0.717) is 0 Å². The molecule has 0 aromatic heterocycles. The summed E-state index contributed by atoms with van der Waals surface area (Å²) in [5.74, 6) is 0. The first-order chi connectivity index (χ1) is 5.85. The van der Waals surface area contributed by atoms with Crippen molar-refractivity contribution in [3.05, 3.63) is 12.7 Å². The summed E-state index contributed by atoms with van der Waals surface area (Å²) in [4.78, 5) is 0. The highest BCUT2D eigenvalue weighted by Crippen LogP contribution is 2.03. The average Bonchev–Trinajstić information content (AvgIpc) is 2.11. The zero-order valence-corrected chi connectivity index (χ0v) is 8.51. The van der Waals surface area contributed by atoms with Gasteiger partial charge in [0, 0.05) is 6.61 Å². The molecule has 0 saturated heterocycles. The third-order valence-electron chi connectivity index (χ3n) is 2.00. The van der Waals surface area contributed by atoms with Gasteiger partial charge in [0.1, 0.15) is 0 Å². The molecule has 12 heavy (non-hydrogen) atoms. The van der Waals surface area contributed by atoms with E-state index in [4.69, 9.17) is 4.74 Å². The lowest BCUT2D eigenvalue weighted by atomic mass is 10.2. The summed E-state index contributed by atoms with van der Waals surface area (Å²) in [6.45, 7) is 8.96. The maximum atomic E-state index is 5.57. The summed E-state index contributed by atoms with van der Waals surface area (Å²) in [5, 5.41) is 0. The van der Waals surface area contributed by atoms with Crippen LogP contribution in [-0.2, 0) is 4.74 Å². The second-order valence-electron chi connectivity index (χ2n) is 3.11. The predicted molar refractivity (Wildman–Crippen MR) is 54.4 cm³/mol. The lowest BCUT2D eigenvalue weighted by Gasteiger charge is -2.10. The van der Waals surface area contributed by atoms with Gasteiger partial charge in [0.25, 0.3) is 0 Å². The van der Waals surface area contributed by atoms with Crippen molar-refractivity contribution in [1.82, 2.24) is 0 Å². The van der Waals surface area contributed by atoms with Crippen LogP contribution in [0.5, 0.6) is 0 Å². The fourth-order valence-corrected chi connectivity index (χ4v) is 1.12. The summed E-state index contributed by atoms with van der Waals surface area (Å²) in [6.07, 6.45) is 8.30. The van der Waals surface area contributed by atoms with Crippen molar-refractivity contribution < 1.29 is 4.74 Å². The maximum absolute atomic E-state index is 5.57. The topological polar surface area (TPSA) is 9.23 Å². The average molecular weight is 170 g/mol. The minimum absolute atomic E-state index is 0.270. The van der Waals surface area contributed by atoms with Gasteiger partial charge < -0.3 is 4.74 Å². The second kappa shape index (κ2) is 8.79. The Kier molecular flexibility index (Phi) is 8.57. The van der Waals surface area contributed by atoms with Crippen molar-refractivity contribution in [1.29, 1.82) is 0 Å². The summed E-state index contributed by atoms with van der Waals surface area (Å²) in [7, 11) is 0. The molecule has 1 heteroatoms. The summed E-state index contributed by atoms with van der Waals surface area (Å²) in [5.41, 5.74) is 0. The van der Waals surface area contributed by atoms with Crippen LogP contribution in [0.3, 0.4) is 0 Å². The highest BCUT2D eigenvalue weighted by molar-refractivity contribution is 4.78. The highest BCUT2D eigenvalue weighted by Gasteiger charge is 1.98. The monoisotopic (exact) mass is 170 g/mol. The van der Waals surface area contributed by atoms with Crippen LogP contribution in [0.1, 0.15) is 46.0 Å². The standard InChI is InChI=1S/C11H22O/c1-4-7-8-9-10-12-11(5-2)6-3/h5,11H,2,4,6-10H2,1,3H3. The van der Waals surface area contributed by atoms with E-state index in [0.717, 1.165) is 13.0 Å². The Labute approximate surface area is 76.8 Å². The number of hydrogen-bond donors (Lipinski definition) is 0. The molecule has 1 atom stereocenters. The molecule has 0 aliphatic carbocycles. The molecule has 0 bridgehead atoms. The van der Waals surface area contributed by atoms with Gasteiger partial charge in [-0.15, -0.1) is 6.58 Å². The molecule has 1 nitrogen and oxygen atoms in total. The molecule has 1 unspecified atom stereocenters. The molecule has 0 aliphatic rings. The van der Waals surface area contributed by atoms with Gasteiger partial charge in [-0.05, 0) is 12.8 Å². The zero-order valence-electron chi connectivity index (χ0n) is 8.51.